The molecule has 10 heteroatoms. The molecule has 3 aromatic rings. The number of hydrogen-bond acceptors (Lipinski definition) is 5. The van der Waals surface area contributed by atoms with Gasteiger partial charge in [-0.3, -0.25) is 23.5 Å². The van der Waals surface area contributed by atoms with Crippen molar-refractivity contribution in [2.45, 2.75) is 45.8 Å². The van der Waals surface area contributed by atoms with Crippen molar-refractivity contribution in [3.63, 3.8) is 0 Å². The molecule has 4 heterocycles. The number of amides is 1. The second-order valence-electron chi connectivity index (χ2n) is 8.96. The first-order valence-corrected chi connectivity index (χ1v) is 11.6. The Hall–Kier alpha value is -3.56. The normalized spacial score (nSPS) is 14.7. The molecule has 1 aliphatic rings. The minimum Gasteiger partial charge on any atom is -0.490 e. The Morgan fingerprint density at radius 2 is 1.68 bits per heavy atom. The lowest BCUT2D eigenvalue weighted by Crippen LogP contribution is -2.42. The minimum absolute atomic E-state index is 0.0924. The Bertz CT molecular complexity index is 1430. The van der Waals surface area contributed by atoms with Crippen molar-refractivity contribution < 1.29 is 9.53 Å². The van der Waals surface area contributed by atoms with Crippen molar-refractivity contribution in [2.24, 2.45) is 21.1 Å². The number of rotatable bonds is 5. The summed E-state index contributed by atoms with van der Waals surface area (Å²) >= 11 is 0. The molecular weight excluding hydrogens is 438 g/mol. The lowest BCUT2D eigenvalue weighted by Gasteiger charge is -2.32. The van der Waals surface area contributed by atoms with E-state index in [9.17, 15) is 19.2 Å². The topological polar surface area (TPSA) is 100 Å². The van der Waals surface area contributed by atoms with Crippen LogP contribution in [0.2, 0.25) is 0 Å². The van der Waals surface area contributed by atoms with Crippen LogP contribution in [0.15, 0.2) is 32.6 Å². The molecule has 34 heavy (non-hydrogen) atoms. The quantitative estimate of drug-likeness (QED) is 0.558. The predicted octanol–water partition coefficient (Wildman–Crippen LogP) is 1.14. The molecule has 1 fully saturated rings. The first-order chi connectivity index (χ1) is 16.1. The Kier molecular flexibility index (Phi) is 6.24. The van der Waals surface area contributed by atoms with Crippen LogP contribution in [0.4, 0.5) is 0 Å². The van der Waals surface area contributed by atoms with Crippen molar-refractivity contribution >= 4 is 16.9 Å². The van der Waals surface area contributed by atoms with Gasteiger partial charge in [-0.2, -0.15) is 0 Å². The zero-order valence-electron chi connectivity index (χ0n) is 20.3. The van der Waals surface area contributed by atoms with Gasteiger partial charge in [-0.15, -0.1) is 0 Å². The molecule has 0 unspecified atom stereocenters. The highest BCUT2D eigenvalue weighted by molar-refractivity contribution is 5.98. The summed E-state index contributed by atoms with van der Waals surface area (Å²) in [4.78, 5) is 52.5. The van der Waals surface area contributed by atoms with Crippen LogP contribution in [0.25, 0.3) is 11.0 Å². The summed E-state index contributed by atoms with van der Waals surface area (Å²) in [6, 6.07) is 4.94. The summed E-state index contributed by atoms with van der Waals surface area (Å²) in [6.07, 6.45) is 1.92. The van der Waals surface area contributed by atoms with Crippen LogP contribution in [0.5, 0.6) is 5.75 Å². The predicted molar refractivity (Wildman–Crippen MR) is 129 cm³/mol. The summed E-state index contributed by atoms with van der Waals surface area (Å²) in [6.45, 7) is 5.36. The van der Waals surface area contributed by atoms with E-state index in [0.717, 1.165) is 16.7 Å². The molecule has 0 saturated carbocycles. The first-order valence-electron chi connectivity index (χ1n) is 11.6. The molecule has 1 aliphatic heterocycles. The van der Waals surface area contributed by atoms with Crippen LogP contribution in [0.3, 0.4) is 0 Å². The fourth-order valence-electron chi connectivity index (χ4n) is 4.60. The Morgan fingerprint density at radius 1 is 1.00 bits per heavy atom. The van der Waals surface area contributed by atoms with Gasteiger partial charge < -0.3 is 18.8 Å². The van der Waals surface area contributed by atoms with Gasteiger partial charge in [0.25, 0.3) is 17.0 Å². The van der Waals surface area contributed by atoms with E-state index in [1.165, 1.54) is 17.7 Å². The van der Waals surface area contributed by atoms with Crippen molar-refractivity contribution in [2.75, 3.05) is 13.1 Å². The fourth-order valence-corrected chi connectivity index (χ4v) is 4.60. The number of pyridine rings is 1. The number of aryl methyl sites for hydroxylation is 3. The second kappa shape index (κ2) is 9.00. The highest BCUT2D eigenvalue weighted by Gasteiger charge is 2.28. The number of carbonyl (C=O) groups excluding carboxylic acids is 1. The van der Waals surface area contributed by atoms with E-state index in [-0.39, 0.29) is 17.6 Å². The van der Waals surface area contributed by atoms with E-state index < -0.39 is 11.2 Å². The smallest absolute Gasteiger partial charge is 0.332 e. The van der Waals surface area contributed by atoms with E-state index in [4.69, 9.17) is 4.74 Å². The first kappa shape index (κ1) is 23.6. The van der Waals surface area contributed by atoms with Gasteiger partial charge in [-0.05, 0) is 25.5 Å². The van der Waals surface area contributed by atoms with Crippen LogP contribution in [-0.4, -0.2) is 48.3 Å². The maximum atomic E-state index is 13.5. The highest BCUT2D eigenvalue weighted by Crippen LogP contribution is 2.23. The number of likely N-dealkylation sites (tertiary alicyclic amines) is 1. The number of hydrogen-bond donors (Lipinski definition) is 0. The number of ether oxygens (including phenoxy) is 1. The SMILES string of the molecule is CCCn1c(C(=O)N2CCC(Oc3cc(C)n(C)c(=O)c3)CC2)cc2c(=O)n(C)c(=O)n(C)c21. The summed E-state index contributed by atoms with van der Waals surface area (Å²) in [5.41, 5.74) is 0.759. The van der Waals surface area contributed by atoms with Gasteiger partial charge in [-0.25, -0.2) is 4.79 Å². The summed E-state index contributed by atoms with van der Waals surface area (Å²) in [5, 5.41) is 0.362. The van der Waals surface area contributed by atoms with Gasteiger partial charge in [0.15, 0.2) is 0 Å². The van der Waals surface area contributed by atoms with Crippen LogP contribution in [0, 0.1) is 6.92 Å². The summed E-state index contributed by atoms with van der Waals surface area (Å²) in [7, 11) is 4.78. The molecule has 10 nitrogen and oxygen atoms in total. The molecule has 3 aromatic heterocycles. The van der Waals surface area contributed by atoms with Crippen LogP contribution in [-0.2, 0) is 27.7 Å². The molecule has 1 amide bonds. The van der Waals surface area contributed by atoms with Crippen LogP contribution in [0.1, 0.15) is 42.4 Å². The van der Waals surface area contributed by atoms with Gasteiger partial charge in [0.2, 0.25) is 0 Å². The number of fused-ring (bicyclic) bond motifs is 1. The summed E-state index contributed by atoms with van der Waals surface area (Å²) in [5.74, 6) is 0.382. The van der Waals surface area contributed by atoms with Gasteiger partial charge in [0, 0.05) is 65.4 Å². The number of aromatic nitrogens is 4. The monoisotopic (exact) mass is 469 g/mol. The third kappa shape index (κ3) is 3.97. The zero-order valence-corrected chi connectivity index (χ0v) is 20.3. The largest absolute Gasteiger partial charge is 0.490 e. The molecule has 0 aliphatic carbocycles. The fraction of sp³-hybridized carbons (Fsp3) is 0.500. The maximum absolute atomic E-state index is 13.5. The number of carbonyl (C=O) groups is 1. The minimum atomic E-state index is -0.420. The van der Waals surface area contributed by atoms with Gasteiger partial charge in [0.05, 0.1) is 5.39 Å². The number of nitrogens with zero attached hydrogens (tertiary/aromatic N) is 5. The highest BCUT2D eigenvalue weighted by atomic mass is 16.5. The molecule has 0 aromatic carbocycles. The molecule has 0 N–H and O–H groups in total. The summed E-state index contributed by atoms with van der Waals surface area (Å²) < 4.78 is 11.9. The lowest BCUT2D eigenvalue weighted by atomic mass is 10.1. The zero-order chi connectivity index (χ0) is 24.7. The third-order valence-electron chi connectivity index (χ3n) is 6.67. The van der Waals surface area contributed by atoms with E-state index in [1.807, 2.05) is 19.9 Å². The van der Waals surface area contributed by atoms with Crippen molar-refractivity contribution in [1.29, 1.82) is 0 Å². The standard InChI is InChI=1S/C24H31N5O5/c1-6-9-29-19(14-18-21(29)26(4)24(33)27(5)22(18)31)23(32)28-10-7-16(8-11-28)34-17-12-15(2)25(3)20(30)13-17/h12-14,16H,6-11H2,1-5H3. The molecule has 0 spiro atoms. The van der Waals surface area contributed by atoms with E-state index in [1.54, 1.807) is 34.2 Å². The van der Waals surface area contributed by atoms with Gasteiger partial charge >= 0.3 is 5.69 Å². The third-order valence-corrected chi connectivity index (χ3v) is 6.67. The average Bonchev–Trinajstić information content (AvgIpc) is 3.19. The Balaban J connectivity index is 1.57. The van der Waals surface area contributed by atoms with Crippen molar-refractivity contribution in [3.8, 4) is 5.75 Å². The van der Waals surface area contributed by atoms with Crippen LogP contribution < -0.4 is 21.5 Å². The van der Waals surface area contributed by atoms with Crippen LogP contribution >= 0.6 is 0 Å². The van der Waals surface area contributed by atoms with Crippen molar-refractivity contribution in [1.82, 2.24) is 23.2 Å². The number of piperidine rings is 1. The maximum Gasteiger partial charge on any atom is 0.332 e. The molecule has 0 atom stereocenters. The Morgan fingerprint density at radius 3 is 2.29 bits per heavy atom. The van der Waals surface area contributed by atoms with E-state index in [2.05, 4.69) is 0 Å². The molecular formula is C24H31N5O5. The van der Waals surface area contributed by atoms with Gasteiger partial charge in [-0.1, -0.05) is 6.92 Å². The molecule has 182 valence electrons. The molecule has 0 radical (unpaired) electrons. The Labute approximate surface area is 196 Å². The van der Waals surface area contributed by atoms with Crippen molar-refractivity contribution in [3.05, 3.63) is 60.8 Å². The van der Waals surface area contributed by atoms with E-state index in [0.29, 0.717) is 55.0 Å². The molecule has 4 rings (SSSR count). The van der Waals surface area contributed by atoms with Gasteiger partial charge in [0.1, 0.15) is 23.2 Å². The molecule has 1 saturated heterocycles. The van der Waals surface area contributed by atoms with E-state index >= 15 is 0 Å². The lowest BCUT2D eigenvalue weighted by molar-refractivity contribution is 0.0585. The molecule has 0 bridgehead atoms. The average molecular weight is 470 g/mol. The second-order valence-corrected chi connectivity index (χ2v) is 8.96.